The van der Waals surface area contributed by atoms with Crippen molar-refractivity contribution in [3.05, 3.63) is 0 Å². The number of hydrogen-bond donors (Lipinski definition) is 2. The highest BCUT2D eigenvalue weighted by atomic mass is 16.2. The molecule has 4 nitrogen and oxygen atoms in total. The van der Waals surface area contributed by atoms with Gasteiger partial charge in [0.05, 0.1) is 0 Å². The number of unbranched alkanes of at least 4 members (excludes halogenated alkanes) is 1. The number of piperidine rings is 1. The van der Waals surface area contributed by atoms with Crippen molar-refractivity contribution in [2.75, 3.05) is 19.6 Å². The first-order valence-corrected chi connectivity index (χ1v) is 7.59. The highest BCUT2D eigenvalue weighted by Crippen LogP contribution is 2.27. The fourth-order valence-electron chi connectivity index (χ4n) is 2.57. The zero-order valence-corrected chi connectivity index (χ0v) is 11.6. The van der Waals surface area contributed by atoms with Crippen LogP contribution >= 0.6 is 0 Å². The molecule has 2 aliphatic rings. The van der Waals surface area contributed by atoms with Crippen molar-refractivity contribution in [3.63, 3.8) is 0 Å². The van der Waals surface area contributed by atoms with E-state index in [0.29, 0.717) is 12.1 Å². The van der Waals surface area contributed by atoms with Crippen LogP contribution in [0.25, 0.3) is 0 Å². The molecule has 1 saturated heterocycles. The van der Waals surface area contributed by atoms with E-state index in [4.69, 9.17) is 0 Å². The third-order valence-corrected chi connectivity index (χ3v) is 3.88. The Morgan fingerprint density at radius 3 is 2.78 bits per heavy atom. The molecule has 1 saturated carbocycles. The van der Waals surface area contributed by atoms with Gasteiger partial charge in [0.15, 0.2) is 0 Å². The molecule has 4 heteroatoms. The Bertz CT molecular complexity index is 260. The van der Waals surface area contributed by atoms with Gasteiger partial charge in [-0.2, -0.15) is 0 Å². The van der Waals surface area contributed by atoms with E-state index in [2.05, 4.69) is 22.5 Å². The predicted molar refractivity (Wildman–Crippen MR) is 73.7 cm³/mol. The van der Waals surface area contributed by atoms with E-state index in [1.165, 1.54) is 32.1 Å². The summed E-state index contributed by atoms with van der Waals surface area (Å²) in [6, 6.07) is 1.17. The molecule has 2 rings (SSSR count). The second-order valence-electron chi connectivity index (χ2n) is 5.62. The Hall–Kier alpha value is -0.770. The molecule has 1 aliphatic heterocycles. The van der Waals surface area contributed by atoms with Crippen molar-refractivity contribution in [2.45, 2.75) is 64.0 Å². The zero-order valence-electron chi connectivity index (χ0n) is 11.6. The lowest BCUT2D eigenvalue weighted by atomic mass is 10.0. The summed E-state index contributed by atoms with van der Waals surface area (Å²) in [4.78, 5) is 14.2. The van der Waals surface area contributed by atoms with E-state index in [9.17, 15) is 4.79 Å². The molecule has 0 aromatic carbocycles. The SMILES string of the molecule is CCCCNC(=O)N(CC1CCCCN1)C1CC1. The zero-order chi connectivity index (χ0) is 12.8. The highest BCUT2D eigenvalue weighted by molar-refractivity contribution is 5.74. The van der Waals surface area contributed by atoms with E-state index >= 15 is 0 Å². The first kappa shape index (κ1) is 13.7. The van der Waals surface area contributed by atoms with Crippen molar-refractivity contribution in [3.8, 4) is 0 Å². The van der Waals surface area contributed by atoms with Crippen molar-refractivity contribution in [1.82, 2.24) is 15.5 Å². The predicted octanol–water partition coefficient (Wildman–Crippen LogP) is 2.10. The fourth-order valence-corrected chi connectivity index (χ4v) is 2.57. The summed E-state index contributed by atoms with van der Waals surface area (Å²) in [5.41, 5.74) is 0. The van der Waals surface area contributed by atoms with Gasteiger partial charge in [0.25, 0.3) is 0 Å². The fraction of sp³-hybridized carbons (Fsp3) is 0.929. The number of rotatable bonds is 6. The average Bonchev–Trinajstić information content (AvgIpc) is 3.21. The van der Waals surface area contributed by atoms with Crippen LogP contribution < -0.4 is 10.6 Å². The largest absolute Gasteiger partial charge is 0.338 e. The molecule has 2 fully saturated rings. The molecule has 2 amide bonds. The van der Waals surface area contributed by atoms with Crippen LogP contribution in [0.3, 0.4) is 0 Å². The molecule has 1 heterocycles. The lowest BCUT2D eigenvalue weighted by Gasteiger charge is -2.30. The molecule has 0 bridgehead atoms. The minimum atomic E-state index is 0.151. The summed E-state index contributed by atoms with van der Waals surface area (Å²) < 4.78 is 0. The molecule has 104 valence electrons. The minimum Gasteiger partial charge on any atom is -0.338 e. The van der Waals surface area contributed by atoms with Gasteiger partial charge in [-0.3, -0.25) is 0 Å². The van der Waals surface area contributed by atoms with Gasteiger partial charge in [-0.15, -0.1) is 0 Å². The number of carbonyl (C=O) groups is 1. The molecule has 0 radical (unpaired) electrons. The summed E-state index contributed by atoms with van der Waals surface area (Å²) in [6.07, 6.45) is 8.38. The van der Waals surface area contributed by atoms with Crippen LogP contribution in [0.1, 0.15) is 51.9 Å². The normalized spacial score (nSPS) is 23.7. The Balaban J connectivity index is 1.77. The third kappa shape index (κ3) is 4.16. The van der Waals surface area contributed by atoms with Gasteiger partial charge in [0, 0.05) is 25.2 Å². The average molecular weight is 253 g/mol. The molecule has 18 heavy (non-hydrogen) atoms. The maximum absolute atomic E-state index is 12.2. The summed E-state index contributed by atoms with van der Waals surface area (Å²) >= 11 is 0. The van der Waals surface area contributed by atoms with Crippen LogP contribution in [-0.4, -0.2) is 42.6 Å². The number of carbonyl (C=O) groups excluding carboxylic acids is 1. The Kier molecular flexibility index (Phi) is 5.29. The van der Waals surface area contributed by atoms with Crippen LogP contribution in [0, 0.1) is 0 Å². The molecule has 0 aromatic heterocycles. The van der Waals surface area contributed by atoms with E-state index in [-0.39, 0.29) is 6.03 Å². The summed E-state index contributed by atoms with van der Waals surface area (Å²) in [5, 5.41) is 6.59. The molecule has 2 N–H and O–H groups in total. The number of nitrogens with zero attached hydrogens (tertiary/aromatic N) is 1. The van der Waals surface area contributed by atoms with E-state index in [0.717, 1.165) is 32.5 Å². The first-order chi connectivity index (χ1) is 8.81. The number of urea groups is 1. The van der Waals surface area contributed by atoms with Crippen LogP contribution in [0.4, 0.5) is 4.79 Å². The Morgan fingerprint density at radius 1 is 1.33 bits per heavy atom. The van der Waals surface area contributed by atoms with Crippen molar-refractivity contribution >= 4 is 6.03 Å². The summed E-state index contributed by atoms with van der Waals surface area (Å²) in [5.74, 6) is 0. The maximum Gasteiger partial charge on any atom is 0.317 e. The second-order valence-corrected chi connectivity index (χ2v) is 5.62. The summed E-state index contributed by atoms with van der Waals surface area (Å²) in [7, 11) is 0. The van der Waals surface area contributed by atoms with E-state index in [1.54, 1.807) is 0 Å². The Labute approximate surface area is 110 Å². The van der Waals surface area contributed by atoms with Gasteiger partial charge < -0.3 is 15.5 Å². The smallest absolute Gasteiger partial charge is 0.317 e. The molecule has 0 spiro atoms. The van der Waals surface area contributed by atoms with Crippen molar-refractivity contribution in [2.24, 2.45) is 0 Å². The van der Waals surface area contributed by atoms with Gasteiger partial charge >= 0.3 is 6.03 Å². The molecule has 1 unspecified atom stereocenters. The van der Waals surface area contributed by atoms with Crippen LogP contribution in [0.5, 0.6) is 0 Å². The topological polar surface area (TPSA) is 44.4 Å². The maximum atomic E-state index is 12.2. The molecular weight excluding hydrogens is 226 g/mol. The lowest BCUT2D eigenvalue weighted by Crippen LogP contribution is -2.49. The van der Waals surface area contributed by atoms with Crippen LogP contribution in [0.2, 0.25) is 0 Å². The van der Waals surface area contributed by atoms with Gasteiger partial charge in [0.2, 0.25) is 0 Å². The van der Waals surface area contributed by atoms with E-state index in [1.807, 2.05) is 0 Å². The van der Waals surface area contributed by atoms with Gasteiger partial charge in [-0.25, -0.2) is 4.79 Å². The third-order valence-electron chi connectivity index (χ3n) is 3.88. The van der Waals surface area contributed by atoms with Crippen LogP contribution in [-0.2, 0) is 0 Å². The monoisotopic (exact) mass is 253 g/mol. The molecule has 0 aromatic rings. The lowest BCUT2D eigenvalue weighted by molar-refractivity contribution is 0.183. The minimum absolute atomic E-state index is 0.151. The summed E-state index contributed by atoms with van der Waals surface area (Å²) in [6.45, 7) is 4.97. The quantitative estimate of drug-likeness (QED) is 0.712. The van der Waals surface area contributed by atoms with Gasteiger partial charge in [-0.05, 0) is 38.6 Å². The van der Waals surface area contributed by atoms with Gasteiger partial charge in [-0.1, -0.05) is 19.8 Å². The van der Waals surface area contributed by atoms with Crippen molar-refractivity contribution in [1.29, 1.82) is 0 Å². The molecular formula is C14H27N3O. The van der Waals surface area contributed by atoms with Gasteiger partial charge in [0.1, 0.15) is 0 Å². The Morgan fingerprint density at radius 2 is 2.17 bits per heavy atom. The van der Waals surface area contributed by atoms with Crippen molar-refractivity contribution < 1.29 is 4.79 Å². The standard InChI is InChI=1S/C14H27N3O/c1-2-3-9-16-14(18)17(13-7-8-13)11-12-6-4-5-10-15-12/h12-13,15H,2-11H2,1H3,(H,16,18). The first-order valence-electron chi connectivity index (χ1n) is 7.59. The second kappa shape index (κ2) is 6.98. The van der Waals surface area contributed by atoms with E-state index < -0.39 is 0 Å². The number of hydrogen-bond acceptors (Lipinski definition) is 2. The highest BCUT2D eigenvalue weighted by Gasteiger charge is 2.34. The molecule has 1 atom stereocenters. The number of nitrogens with one attached hydrogen (secondary N) is 2. The van der Waals surface area contributed by atoms with Crippen LogP contribution in [0.15, 0.2) is 0 Å². The molecule has 1 aliphatic carbocycles. The number of amides is 2.